The van der Waals surface area contributed by atoms with E-state index in [2.05, 4.69) is 209 Å². The predicted molar refractivity (Wildman–Crippen MR) is 406 cm³/mol. The van der Waals surface area contributed by atoms with E-state index in [1.807, 2.05) is 6.08 Å². The third-order valence-electron chi connectivity index (χ3n) is 17.4. The van der Waals surface area contributed by atoms with Gasteiger partial charge >= 0.3 is 11.9 Å². The van der Waals surface area contributed by atoms with Gasteiger partial charge in [0.25, 0.3) is 0 Å². The van der Waals surface area contributed by atoms with E-state index in [4.69, 9.17) is 9.47 Å². The van der Waals surface area contributed by atoms with Crippen molar-refractivity contribution in [3.63, 3.8) is 0 Å². The fraction of sp³-hybridized carbons (Fsp3) is 0.609. The minimum Gasteiger partial charge on any atom is -0.465 e. The van der Waals surface area contributed by atoms with Crippen molar-refractivity contribution < 1.29 is 19.1 Å². The Hall–Kier alpha value is -5.22. The summed E-state index contributed by atoms with van der Waals surface area (Å²) in [5, 5.41) is 0. The van der Waals surface area contributed by atoms with Crippen molar-refractivity contribution in [2.75, 3.05) is 13.2 Å². The van der Waals surface area contributed by atoms with E-state index < -0.39 is 17.9 Å². The molecule has 0 saturated carbocycles. The molecule has 0 rings (SSSR count). The molecule has 0 heterocycles. The molecule has 4 nitrogen and oxygen atoms in total. The normalized spacial score (nSPS) is 14.7. The summed E-state index contributed by atoms with van der Waals surface area (Å²) in [4.78, 5) is 24.6. The van der Waals surface area contributed by atoms with Crippen LogP contribution in [0.25, 0.3) is 0 Å². The molecule has 4 heteroatoms. The second-order valence-corrected chi connectivity index (χ2v) is 27.4. The van der Waals surface area contributed by atoms with Crippen molar-refractivity contribution in [2.24, 2.45) is 5.92 Å². The second-order valence-electron chi connectivity index (χ2n) is 27.4. The number of allylic oxidation sites excluding steroid dienone is 32. The van der Waals surface area contributed by atoms with Gasteiger partial charge in [0.2, 0.25) is 0 Å². The molecule has 0 N–H and O–H groups in total. The van der Waals surface area contributed by atoms with Crippen molar-refractivity contribution in [3.8, 4) is 0 Å². The smallest absolute Gasteiger partial charge is 0.320 e. The lowest BCUT2D eigenvalue weighted by atomic mass is 10.0. The maximum absolute atomic E-state index is 12.3. The largest absolute Gasteiger partial charge is 0.465 e. The summed E-state index contributed by atoms with van der Waals surface area (Å²) in [6.07, 6.45) is 72.8. The summed E-state index contributed by atoms with van der Waals surface area (Å²) in [5.74, 6) is -1.92. The van der Waals surface area contributed by atoms with Crippen LogP contribution in [0.15, 0.2) is 186 Å². The van der Waals surface area contributed by atoms with Crippen molar-refractivity contribution >= 4 is 11.9 Å². The summed E-state index contributed by atoms with van der Waals surface area (Å²) in [6, 6.07) is 0. The van der Waals surface area contributed by atoms with Crippen LogP contribution in [-0.4, -0.2) is 25.2 Å². The summed E-state index contributed by atoms with van der Waals surface area (Å²) >= 11 is 0. The average molecular weight is 1250 g/mol. The molecule has 0 saturated heterocycles. The second kappa shape index (κ2) is 56.3. The van der Waals surface area contributed by atoms with Crippen molar-refractivity contribution in [2.45, 2.75) is 331 Å². The van der Waals surface area contributed by atoms with Gasteiger partial charge in [0.1, 0.15) is 0 Å². The molecular formula is C87H140O4. The van der Waals surface area contributed by atoms with Gasteiger partial charge in [0.15, 0.2) is 5.92 Å². The molecule has 0 unspecified atom stereocenters. The molecule has 0 radical (unpaired) electrons. The van der Waals surface area contributed by atoms with Crippen molar-refractivity contribution in [1.29, 1.82) is 0 Å². The Morgan fingerprint density at radius 2 is 0.352 bits per heavy atom. The lowest BCUT2D eigenvalue weighted by Crippen LogP contribution is -2.27. The van der Waals surface area contributed by atoms with E-state index in [9.17, 15) is 9.59 Å². The molecule has 0 amide bonds. The highest BCUT2D eigenvalue weighted by atomic mass is 16.6. The van der Waals surface area contributed by atoms with E-state index >= 15 is 0 Å². The Balaban J connectivity index is 4.40. The molecule has 91 heavy (non-hydrogen) atoms. The first-order chi connectivity index (χ1) is 43.4. The number of hydrogen-bond acceptors (Lipinski definition) is 4. The Morgan fingerprint density at radius 1 is 0.220 bits per heavy atom. The van der Waals surface area contributed by atoms with Crippen LogP contribution < -0.4 is 0 Å². The van der Waals surface area contributed by atoms with Crippen LogP contribution in [0.3, 0.4) is 0 Å². The fourth-order valence-electron chi connectivity index (χ4n) is 10.9. The van der Waals surface area contributed by atoms with Crippen molar-refractivity contribution in [1.82, 2.24) is 0 Å². The van der Waals surface area contributed by atoms with Crippen LogP contribution in [0.5, 0.6) is 0 Å². The molecule has 0 fully saturated rings. The van der Waals surface area contributed by atoms with Gasteiger partial charge in [-0.25, -0.2) is 0 Å². The molecule has 0 aliphatic heterocycles. The number of hydrogen-bond donors (Lipinski definition) is 0. The average Bonchev–Trinajstić information content (AvgIpc) is 2.94. The molecular weight excluding hydrogens is 1110 g/mol. The van der Waals surface area contributed by atoms with Crippen LogP contribution in [0.1, 0.15) is 331 Å². The maximum Gasteiger partial charge on any atom is 0.320 e. The van der Waals surface area contributed by atoms with E-state index in [1.54, 1.807) is 13.8 Å². The molecule has 0 aliphatic carbocycles. The number of ether oxygens (including phenoxy) is 2. The topological polar surface area (TPSA) is 52.6 Å². The number of carbonyl (C=O) groups excluding carboxylic acids is 2. The first-order valence-electron chi connectivity index (χ1n) is 36.2. The third kappa shape index (κ3) is 53.9. The van der Waals surface area contributed by atoms with Crippen LogP contribution in [0, 0.1) is 5.92 Å². The Kier molecular flexibility index (Phi) is 53.1. The van der Waals surface area contributed by atoms with Crippen LogP contribution in [-0.2, 0) is 19.1 Å². The molecule has 0 aromatic carbocycles. The molecule has 0 spiro atoms. The highest BCUT2D eigenvalue weighted by molar-refractivity contribution is 5.95. The zero-order valence-electron chi connectivity index (χ0n) is 62.8. The van der Waals surface area contributed by atoms with Gasteiger partial charge in [-0.1, -0.05) is 186 Å². The molecule has 0 aromatic heterocycles. The summed E-state index contributed by atoms with van der Waals surface area (Å²) in [5.41, 5.74) is 23.7. The van der Waals surface area contributed by atoms with E-state index in [0.29, 0.717) is 6.42 Å². The van der Waals surface area contributed by atoms with Crippen molar-refractivity contribution in [3.05, 3.63) is 186 Å². The first kappa shape index (κ1) is 85.8. The Labute approximate surface area is 564 Å². The predicted octanol–water partition coefficient (Wildman–Crippen LogP) is 28.0. The highest BCUT2D eigenvalue weighted by Crippen LogP contribution is 2.22. The number of rotatable bonds is 51. The lowest BCUT2D eigenvalue weighted by molar-refractivity contribution is -0.161. The minimum atomic E-state index is -0.895. The molecule has 0 aromatic rings. The van der Waals surface area contributed by atoms with Gasteiger partial charge in [-0.3, -0.25) is 9.59 Å². The van der Waals surface area contributed by atoms with Gasteiger partial charge < -0.3 is 9.47 Å². The summed E-state index contributed by atoms with van der Waals surface area (Å²) in [6.45, 7) is 42.5. The van der Waals surface area contributed by atoms with Gasteiger partial charge in [-0.05, 0) is 331 Å². The minimum absolute atomic E-state index is 0.247. The number of carbonyl (C=O) groups is 2. The summed E-state index contributed by atoms with van der Waals surface area (Å²) in [7, 11) is 0. The Bertz CT molecular complexity index is 2560. The Morgan fingerprint density at radius 3 is 0.484 bits per heavy atom. The van der Waals surface area contributed by atoms with E-state index in [-0.39, 0.29) is 13.2 Å². The van der Waals surface area contributed by atoms with Crippen LogP contribution >= 0.6 is 0 Å². The van der Waals surface area contributed by atoms with E-state index in [0.717, 1.165) is 160 Å². The SMILES string of the molecule is CCOC(=O)C(C/C=C(/C)CC/C=C(/C)CC/C=C(/C)CC/C=C(/C)CC/C=C(/C)CC/C=C(/C)CC/C=C(/C)CC/C=C(/C)CC/C=C(/C)CC/C=C(/C)CC/C=C(/C)CC/C=C(/C)CC/C=C(/C)CC/C=C(\C)CC/C=C(\C)CCC=C(C)C)C(=O)OCC. The molecule has 0 bridgehead atoms. The van der Waals surface area contributed by atoms with Gasteiger partial charge in [0.05, 0.1) is 13.2 Å². The quantitative estimate of drug-likeness (QED) is 0.0346. The van der Waals surface area contributed by atoms with Crippen LogP contribution in [0.2, 0.25) is 0 Å². The zero-order valence-corrected chi connectivity index (χ0v) is 62.8. The highest BCUT2D eigenvalue weighted by Gasteiger charge is 2.28. The monoisotopic (exact) mass is 1250 g/mol. The standard InChI is InChI=1S/C87H140O4/c1-20-90-86(88)85(87(89)91-21-2)68-67-84(19)66-36-65-83(18)64-35-63-82(17)62-34-61-81(16)60-33-59-80(15)58-32-57-79(14)56-31-55-78(13)54-30-53-77(12)52-29-51-76(11)50-28-49-75(10)48-27-47-74(9)46-26-45-73(8)44-25-43-72(7)42-24-41-71(6)40-23-39-70(5)38-22-37-69(3)4/h37,39,41,43,45,47,49,51,53,55,57,59,61,63,65,67,85H,20-36,38,40,42,44,46,48,50,52,54,56,58,60,62,64,66,68H2,1-19H3/b70-39+,71-41+,72-43-,73-45-,74-47-,75-49-,76-51-,77-53-,78-55-,79-57-,80-59-,81-61-,82-63-,83-65-,84-67-. The molecule has 512 valence electrons. The molecule has 0 aliphatic rings. The third-order valence-corrected chi connectivity index (χ3v) is 17.4. The zero-order chi connectivity index (χ0) is 68.0. The molecule has 0 atom stereocenters. The first-order valence-corrected chi connectivity index (χ1v) is 36.2. The van der Waals surface area contributed by atoms with E-state index in [1.165, 1.54) is 122 Å². The van der Waals surface area contributed by atoms with Gasteiger partial charge in [-0.2, -0.15) is 0 Å². The fourth-order valence-corrected chi connectivity index (χ4v) is 10.9. The lowest BCUT2D eigenvalue weighted by Gasteiger charge is -2.13. The van der Waals surface area contributed by atoms with Gasteiger partial charge in [-0.15, -0.1) is 0 Å². The number of esters is 2. The van der Waals surface area contributed by atoms with Gasteiger partial charge in [0, 0.05) is 0 Å². The summed E-state index contributed by atoms with van der Waals surface area (Å²) < 4.78 is 10.2. The van der Waals surface area contributed by atoms with Crippen LogP contribution in [0.4, 0.5) is 0 Å². The maximum atomic E-state index is 12.3.